The molecule has 0 saturated heterocycles. The first-order valence-corrected chi connectivity index (χ1v) is 41.0. The zero-order chi connectivity index (χ0) is 70.1. The van der Waals surface area contributed by atoms with Gasteiger partial charge in [-0.25, -0.2) is 0 Å². The van der Waals surface area contributed by atoms with Crippen LogP contribution in [0.2, 0.25) is 0 Å². The smallest absolute Gasteiger partial charge is 0.870 e. The maximum absolute atomic E-state index is 10.1. The van der Waals surface area contributed by atoms with Crippen molar-refractivity contribution in [2.24, 2.45) is 98.6 Å². The minimum atomic E-state index is -0.0799. The third-order valence-electron chi connectivity index (χ3n) is 29.1. The van der Waals surface area contributed by atoms with E-state index in [9.17, 15) is 5.11 Å². The van der Waals surface area contributed by atoms with Crippen LogP contribution in [0.1, 0.15) is 262 Å². The summed E-state index contributed by atoms with van der Waals surface area (Å²) in [6.45, 7) is 32.3. The number of hydrogen-bond donors (Lipinski definition) is 3. The van der Waals surface area contributed by atoms with E-state index in [2.05, 4.69) is 127 Å². The Balaban J connectivity index is 0.000000350. The summed E-state index contributed by atoms with van der Waals surface area (Å²) in [5, 5.41) is 19.3. The number of allylic oxidation sites excluding steroid dienone is 2. The van der Waals surface area contributed by atoms with Crippen LogP contribution < -0.4 is 29.5 Å². The van der Waals surface area contributed by atoms with E-state index in [1.165, 1.54) is 161 Å². The molecule has 13 nitrogen and oxygen atoms in total. The van der Waals surface area contributed by atoms with E-state index < -0.39 is 0 Å². The second-order valence-corrected chi connectivity index (χ2v) is 35.9. The van der Waals surface area contributed by atoms with Gasteiger partial charge in [0.05, 0.1) is 25.4 Å². The number of benzene rings is 2. The zero-order valence-corrected chi connectivity index (χ0v) is 72.4. The van der Waals surface area contributed by atoms with Crippen molar-refractivity contribution in [2.45, 2.75) is 292 Å². The van der Waals surface area contributed by atoms with E-state index in [0.717, 1.165) is 150 Å². The molecule has 0 radical (unpaired) electrons. The maximum Gasteiger partial charge on any atom is 2.00 e. The first-order chi connectivity index (χ1) is 47.6. The van der Waals surface area contributed by atoms with Crippen LogP contribution in [0, 0.1) is 119 Å². The van der Waals surface area contributed by atoms with Crippen LogP contribution in [0.25, 0.3) is 39.0 Å². The molecule has 20 atom stereocenters. The molecule has 0 aliphatic heterocycles. The molecule has 8 fully saturated rings. The van der Waals surface area contributed by atoms with Crippen molar-refractivity contribution in [3.63, 3.8) is 0 Å². The fraction of sp³-hybridized carbons (Fsp3) is 0.733. The largest absolute Gasteiger partial charge is 2.00 e. The van der Waals surface area contributed by atoms with Crippen molar-refractivity contribution < 1.29 is 92.0 Å². The summed E-state index contributed by atoms with van der Waals surface area (Å²) < 4.78 is 13.0. The second kappa shape index (κ2) is 43.9. The number of phenolic OH excluding ortho intramolecular Hbond substituents is 1. The summed E-state index contributed by atoms with van der Waals surface area (Å²) in [6.07, 6.45) is 48.8. The van der Waals surface area contributed by atoms with Gasteiger partial charge in [0.15, 0.2) is 0 Å². The quantitative estimate of drug-likeness (QED) is 0.0252. The Morgan fingerprint density at radius 1 is 0.566 bits per heavy atom. The molecule has 0 spiro atoms. The monoisotopic (exact) mass is 1820 g/mol. The molecular formula is C90H144LiN7O6Pt2-4. The number of pyridine rings is 2. The van der Waals surface area contributed by atoms with Crippen LogP contribution in [0.4, 0.5) is 11.4 Å². The molecule has 4 aromatic rings. The Morgan fingerprint density at radius 3 is 1.47 bits per heavy atom. The molecule has 0 amide bonds. The number of anilines is 2. The third kappa shape index (κ3) is 22.4. The van der Waals surface area contributed by atoms with Crippen LogP contribution in [-0.2, 0) is 51.6 Å². The maximum atomic E-state index is 10.1. The molecule has 11 N–H and O–H groups in total. The van der Waals surface area contributed by atoms with Crippen LogP contribution >= 0.6 is 0 Å². The van der Waals surface area contributed by atoms with E-state index in [0.29, 0.717) is 51.9 Å². The minimum absolute atomic E-state index is 0. The summed E-state index contributed by atoms with van der Waals surface area (Å²) >= 11 is 0. The Bertz CT molecular complexity index is 3240. The Labute approximate surface area is 685 Å². The average Bonchev–Trinajstić information content (AvgIpc) is 1.45. The molecule has 14 rings (SSSR count). The van der Waals surface area contributed by atoms with E-state index in [1.54, 1.807) is 23.4 Å². The average molecular weight is 1820 g/mol. The Kier molecular flexibility index (Phi) is 39.8. The fourth-order valence-corrected chi connectivity index (χ4v) is 23.2. The van der Waals surface area contributed by atoms with Crippen molar-refractivity contribution in [2.75, 3.05) is 36.9 Å². The van der Waals surface area contributed by atoms with Crippen molar-refractivity contribution >= 4 is 33.2 Å². The van der Waals surface area contributed by atoms with Crippen molar-refractivity contribution in [3.05, 3.63) is 122 Å². The van der Waals surface area contributed by atoms with Crippen LogP contribution in [0.3, 0.4) is 0 Å². The SMILES string of the molecule is CC(C)CCC[C@@H](C)[C@H]1CCC2C3CC=C4C[C@@H](OCCNc5cc[c-]c6ncccc56)CC[C@]4(C)C3CC[C@@]21C.CC(C)CCC[C@@H](C)[C@H]1CCC2C3CC=C4C[C@@H](OCCNc5ccc(O)c6ncccc56)CC[C@]4(C)C3CC[C@@]21C.O.O.[CH2-][C@@H]1CCCC[C@H]1[NH-].[CH3-].[Li+].[NH-][C@@H]1CCCC[C@H]1[NH-].[OH-].[Pt+2].[Pt]. The molecule has 2 aromatic heterocycles. The number of ether oxygens (including phenoxy) is 2. The zero-order valence-electron chi connectivity index (χ0n) is 67.8. The number of hydrogen-bond acceptors (Lipinski definition) is 8. The van der Waals surface area contributed by atoms with Gasteiger partial charge in [0.1, 0.15) is 11.3 Å². The number of aromatic nitrogens is 2. The Hall–Kier alpha value is -2.21. The van der Waals surface area contributed by atoms with Crippen LogP contribution in [0.15, 0.2) is 84.2 Å². The fourth-order valence-electron chi connectivity index (χ4n) is 23.2. The predicted octanol–water partition coefficient (Wildman–Crippen LogP) is 20.1. The molecule has 106 heavy (non-hydrogen) atoms. The van der Waals surface area contributed by atoms with Gasteiger partial charge in [0.2, 0.25) is 0 Å². The Morgan fingerprint density at radius 2 is 1.02 bits per heavy atom. The molecule has 10 aliphatic carbocycles. The minimum Gasteiger partial charge on any atom is -0.870 e. The number of fused-ring (bicyclic) bond motifs is 12. The number of nitrogens with one attached hydrogen (secondary N) is 5. The van der Waals surface area contributed by atoms with Gasteiger partial charge in [0.25, 0.3) is 0 Å². The van der Waals surface area contributed by atoms with E-state index in [4.69, 9.17) is 26.7 Å². The van der Waals surface area contributed by atoms with Gasteiger partial charge in [-0.3, -0.25) is 9.97 Å². The van der Waals surface area contributed by atoms with E-state index in [1.807, 2.05) is 36.5 Å². The topological polar surface area (TPSA) is 253 Å². The predicted molar refractivity (Wildman–Crippen MR) is 432 cm³/mol. The molecule has 600 valence electrons. The molecule has 16 heteroatoms. The van der Waals surface area contributed by atoms with Gasteiger partial charge in [-0.15, -0.1) is 12.1 Å². The van der Waals surface area contributed by atoms with Crippen LogP contribution in [0.5, 0.6) is 5.75 Å². The number of nitrogens with zero attached hydrogens (tertiary/aromatic N) is 2. The summed E-state index contributed by atoms with van der Waals surface area (Å²) in [7, 11) is 0. The standard InChI is InChI=1S/C38H56N2O2.C38H55N2O.C7H13N.C6H12N2.CH3.Li.3H2O.2Pt/c1-25(2)8-6-9-26(3)31-13-14-32-29-12-11-27-24-28(17-19-37(27,4)33(29)18-20-38(31,32)5)42-23-22-39-34-15-16-35(41)36-30(34)10-7-21-40-36;1-26(2)9-6-10-27(3)32-16-17-33-30-15-14-28-25-29(18-20-37(28,4)34(30)19-21-38(32,33)5)41-24-23-40-36-13-7-12-35-31(36)11-8-22-39-35;1-6-4-2-3-5-7(6)8;7-5-3-1-2-4-6(5)8;;;;;;;/h7,10-11,15-16,21,25-26,28-29,31-33,39,41H,6,8-9,12-14,17-20,22-24H2,1-5H3;7-8,11,13-14,22,26-27,29-30,32-34,40H,6,9-10,15-21,23-25H2,1-5H3;6-8H,1-5H2;5-8H,1-4H2;1H3;;3*1H2;;/q;-1;2*-2;-1;+1;;;;;+2/p-1/t26-,28+,29?,31-,32?,33?,37+,38-;27-,29+,30?,32-,33?,34?,37+,38-;6-,7-;5-,6-;;;;;;;/m1111......./s1. The summed E-state index contributed by atoms with van der Waals surface area (Å²) in [5.74, 6) is 11.4. The molecule has 2 heterocycles. The third-order valence-corrected chi connectivity index (χ3v) is 29.1. The second-order valence-electron chi connectivity index (χ2n) is 35.9. The number of rotatable bonds is 20. The number of phenols is 1. The van der Waals surface area contributed by atoms with Crippen LogP contribution in [-0.4, -0.2) is 88.1 Å². The molecule has 0 bridgehead atoms. The van der Waals surface area contributed by atoms with Gasteiger partial charge < -0.3 is 73.2 Å². The summed E-state index contributed by atoms with van der Waals surface area (Å²) in [6, 6.07) is 18.9. The summed E-state index contributed by atoms with van der Waals surface area (Å²) in [4.78, 5) is 8.77. The van der Waals surface area contributed by atoms with Gasteiger partial charge in [-0.2, -0.15) is 36.2 Å². The van der Waals surface area contributed by atoms with Gasteiger partial charge in [-0.05, 0) is 225 Å². The van der Waals surface area contributed by atoms with Crippen molar-refractivity contribution in [1.82, 2.24) is 9.97 Å². The molecule has 10 aliphatic rings. The summed E-state index contributed by atoms with van der Waals surface area (Å²) in [5.41, 5.74) is 31.0. The van der Waals surface area contributed by atoms with Gasteiger partial charge in [-0.1, -0.05) is 200 Å². The molecule has 8 saturated carbocycles. The van der Waals surface area contributed by atoms with E-state index in [-0.39, 0.29) is 109 Å². The van der Waals surface area contributed by atoms with E-state index >= 15 is 0 Å². The first kappa shape index (κ1) is 96.2. The normalized spacial score (nSPS) is 33.5. The van der Waals surface area contributed by atoms with Gasteiger partial charge in [0, 0.05) is 57.6 Å². The molecule has 6 unspecified atom stereocenters. The molecule has 2 aromatic carbocycles. The van der Waals surface area contributed by atoms with Gasteiger partial charge >= 0.3 is 39.9 Å². The van der Waals surface area contributed by atoms with Crippen molar-refractivity contribution in [3.8, 4) is 5.75 Å². The van der Waals surface area contributed by atoms with Crippen molar-refractivity contribution in [1.29, 1.82) is 0 Å². The molecular weight excluding hydrogens is 1670 g/mol. The number of aromatic hydroxyl groups is 1. The first-order valence-electron chi connectivity index (χ1n) is 41.0.